The van der Waals surface area contributed by atoms with Gasteiger partial charge in [-0.2, -0.15) is 10.2 Å². The lowest BCUT2D eigenvalue weighted by Crippen LogP contribution is -2.48. The fourth-order valence-corrected chi connectivity index (χ4v) is 5.29. The van der Waals surface area contributed by atoms with Gasteiger partial charge in [-0.05, 0) is 62.5 Å². The maximum absolute atomic E-state index is 13.1. The molecule has 1 aromatic carbocycles. The fourth-order valence-electron chi connectivity index (χ4n) is 5.10. The van der Waals surface area contributed by atoms with Gasteiger partial charge in [0.25, 0.3) is 5.91 Å². The van der Waals surface area contributed by atoms with Crippen LogP contribution in [0.1, 0.15) is 48.4 Å². The molecule has 2 saturated heterocycles. The standard InChI is InChI=1S/C28H39ClN8O/c1-21(2)18-37(27-25(29)17-31-26(16-30)32-27)33-28(38)24-6-4-22(5-7-24)19-35-12-14-36(15-13-35)20-23-8-10-34(3)11-9-23/h4-7,17,21,23H,8-15,18-20H2,1-3H3,(H,33,38). The van der Waals surface area contributed by atoms with Crippen molar-refractivity contribution in [1.29, 1.82) is 5.26 Å². The molecule has 1 aromatic heterocycles. The lowest BCUT2D eigenvalue weighted by molar-refractivity contribution is 0.0946. The summed E-state index contributed by atoms with van der Waals surface area (Å²) in [6.45, 7) is 13.5. The summed E-state index contributed by atoms with van der Waals surface area (Å²) in [5, 5.41) is 11.0. The highest BCUT2D eigenvalue weighted by atomic mass is 35.5. The van der Waals surface area contributed by atoms with E-state index in [2.05, 4.69) is 37.1 Å². The number of nitriles is 1. The Balaban J connectivity index is 1.29. The Hall–Kier alpha value is -2.77. The predicted octanol–water partition coefficient (Wildman–Crippen LogP) is 3.27. The van der Waals surface area contributed by atoms with Crippen LogP contribution in [-0.4, -0.2) is 90.0 Å². The number of nitrogens with one attached hydrogen (secondary N) is 1. The first kappa shape index (κ1) is 28.2. The molecule has 3 heterocycles. The zero-order valence-electron chi connectivity index (χ0n) is 22.7. The van der Waals surface area contributed by atoms with Gasteiger partial charge in [0, 0.05) is 51.4 Å². The minimum Gasteiger partial charge on any atom is -0.306 e. The molecule has 2 aliphatic rings. The molecule has 0 spiro atoms. The van der Waals surface area contributed by atoms with Crippen molar-refractivity contribution in [1.82, 2.24) is 30.1 Å². The summed E-state index contributed by atoms with van der Waals surface area (Å²) >= 11 is 6.30. The Kier molecular flexibility index (Phi) is 9.91. The lowest BCUT2D eigenvalue weighted by Gasteiger charge is -2.38. The molecule has 0 unspecified atom stereocenters. The third kappa shape index (κ3) is 7.87. The molecule has 2 fully saturated rings. The molecule has 2 aromatic rings. The van der Waals surface area contributed by atoms with Gasteiger partial charge in [0.15, 0.2) is 5.82 Å². The number of halogens is 1. The molecule has 1 amide bonds. The van der Waals surface area contributed by atoms with Gasteiger partial charge in [-0.1, -0.05) is 37.6 Å². The minimum atomic E-state index is -0.257. The number of anilines is 1. The van der Waals surface area contributed by atoms with E-state index in [0.29, 0.717) is 17.9 Å². The van der Waals surface area contributed by atoms with Gasteiger partial charge in [0.2, 0.25) is 5.82 Å². The Morgan fingerprint density at radius 3 is 2.42 bits per heavy atom. The number of aromatic nitrogens is 2. The smallest absolute Gasteiger partial charge is 0.269 e. The van der Waals surface area contributed by atoms with Crippen LogP contribution in [-0.2, 0) is 6.54 Å². The average molecular weight is 539 g/mol. The highest BCUT2D eigenvalue weighted by Crippen LogP contribution is 2.23. The van der Waals surface area contributed by atoms with Gasteiger partial charge >= 0.3 is 0 Å². The highest BCUT2D eigenvalue weighted by Gasteiger charge is 2.23. The van der Waals surface area contributed by atoms with Gasteiger partial charge in [-0.25, -0.2) is 4.98 Å². The summed E-state index contributed by atoms with van der Waals surface area (Å²) in [5.41, 5.74) is 4.65. The van der Waals surface area contributed by atoms with E-state index in [0.717, 1.165) is 38.6 Å². The number of hydrazine groups is 1. The topological polar surface area (TPSA) is 91.6 Å². The van der Waals surface area contributed by atoms with Crippen LogP contribution in [0.15, 0.2) is 30.5 Å². The Labute approximate surface area is 231 Å². The Morgan fingerprint density at radius 2 is 1.79 bits per heavy atom. The number of piperidine rings is 1. The number of piperazine rings is 1. The number of carbonyl (C=O) groups is 1. The van der Waals surface area contributed by atoms with Crippen LogP contribution in [0.2, 0.25) is 5.02 Å². The molecular weight excluding hydrogens is 500 g/mol. The molecule has 2 aliphatic heterocycles. The molecule has 204 valence electrons. The maximum Gasteiger partial charge on any atom is 0.269 e. The van der Waals surface area contributed by atoms with E-state index in [9.17, 15) is 10.1 Å². The Bertz CT molecular complexity index is 1100. The van der Waals surface area contributed by atoms with Crippen molar-refractivity contribution in [2.45, 2.75) is 33.2 Å². The van der Waals surface area contributed by atoms with Gasteiger partial charge in [0.05, 0.1) is 6.20 Å². The number of hydrogen-bond donors (Lipinski definition) is 1. The zero-order chi connectivity index (χ0) is 27.1. The first-order valence-corrected chi connectivity index (χ1v) is 13.9. The minimum absolute atomic E-state index is 0.000545. The average Bonchev–Trinajstić information content (AvgIpc) is 2.91. The summed E-state index contributed by atoms with van der Waals surface area (Å²) in [5.74, 6) is 1.12. The highest BCUT2D eigenvalue weighted by molar-refractivity contribution is 6.32. The SMILES string of the molecule is CC(C)CN(NC(=O)c1ccc(CN2CCN(CC3CCN(C)CC3)CC2)cc1)c1nc(C#N)ncc1Cl. The van der Waals surface area contributed by atoms with Crippen LogP contribution in [0.4, 0.5) is 5.82 Å². The summed E-state index contributed by atoms with van der Waals surface area (Å²) in [6.07, 6.45) is 4.02. The van der Waals surface area contributed by atoms with E-state index >= 15 is 0 Å². The second kappa shape index (κ2) is 13.3. The first-order valence-electron chi connectivity index (χ1n) is 13.5. The van der Waals surface area contributed by atoms with E-state index in [4.69, 9.17) is 11.6 Å². The second-order valence-corrected chi connectivity index (χ2v) is 11.3. The van der Waals surface area contributed by atoms with E-state index < -0.39 is 0 Å². The number of hydrogen-bond acceptors (Lipinski definition) is 8. The molecule has 0 aliphatic carbocycles. The predicted molar refractivity (Wildman–Crippen MR) is 150 cm³/mol. The van der Waals surface area contributed by atoms with Crippen LogP contribution < -0.4 is 10.4 Å². The summed E-state index contributed by atoms with van der Waals surface area (Å²) in [6, 6.07) is 9.69. The van der Waals surface area contributed by atoms with Crippen molar-refractivity contribution >= 4 is 23.3 Å². The molecule has 38 heavy (non-hydrogen) atoms. The lowest BCUT2D eigenvalue weighted by atomic mass is 9.96. The maximum atomic E-state index is 13.1. The zero-order valence-corrected chi connectivity index (χ0v) is 23.5. The van der Waals surface area contributed by atoms with Gasteiger partial charge in [-0.15, -0.1) is 0 Å². The largest absolute Gasteiger partial charge is 0.306 e. The molecule has 0 saturated carbocycles. The van der Waals surface area contributed by atoms with Crippen LogP contribution in [0.5, 0.6) is 0 Å². The van der Waals surface area contributed by atoms with Crippen LogP contribution >= 0.6 is 11.6 Å². The van der Waals surface area contributed by atoms with Crippen molar-refractivity contribution in [3.8, 4) is 6.07 Å². The number of benzene rings is 1. The number of rotatable bonds is 9. The number of likely N-dealkylation sites (tertiary alicyclic amines) is 1. The number of amides is 1. The van der Waals surface area contributed by atoms with Crippen molar-refractivity contribution < 1.29 is 4.79 Å². The van der Waals surface area contributed by atoms with Crippen molar-refractivity contribution in [2.24, 2.45) is 11.8 Å². The molecule has 0 atom stereocenters. The normalized spacial score (nSPS) is 17.9. The van der Waals surface area contributed by atoms with E-state index in [1.165, 1.54) is 44.2 Å². The van der Waals surface area contributed by atoms with Gasteiger partial charge < -0.3 is 9.80 Å². The van der Waals surface area contributed by atoms with Crippen molar-refractivity contribution in [3.63, 3.8) is 0 Å². The molecule has 0 radical (unpaired) electrons. The van der Waals surface area contributed by atoms with Crippen LogP contribution in [0.25, 0.3) is 0 Å². The molecule has 0 bridgehead atoms. The number of nitrogens with zero attached hydrogens (tertiary/aromatic N) is 7. The number of carbonyl (C=O) groups excluding carboxylic acids is 1. The monoisotopic (exact) mass is 538 g/mol. The quantitative estimate of drug-likeness (QED) is 0.486. The van der Waals surface area contributed by atoms with Crippen LogP contribution in [0.3, 0.4) is 0 Å². The van der Waals surface area contributed by atoms with Gasteiger partial charge in [-0.3, -0.25) is 20.1 Å². The fraction of sp³-hybridized carbons (Fsp3) is 0.571. The van der Waals surface area contributed by atoms with E-state index in [1.807, 2.05) is 44.2 Å². The summed E-state index contributed by atoms with van der Waals surface area (Å²) < 4.78 is 0. The first-order chi connectivity index (χ1) is 18.3. The van der Waals surface area contributed by atoms with E-state index in [1.54, 1.807) is 5.01 Å². The third-order valence-corrected chi connectivity index (χ3v) is 7.57. The Morgan fingerprint density at radius 1 is 1.13 bits per heavy atom. The van der Waals surface area contributed by atoms with Crippen molar-refractivity contribution in [2.75, 3.05) is 64.4 Å². The molecule has 4 rings (SSSR count). The second-order valence-electron chi connectivity index (χ2n) is 10.9. The summed E-state index contributed by atoms with van der Waals surface area (Å²) in [4.78, 5) is 28.7. The molecule has 10 heteroatoms. The van der Waals surface area contributed by atoms with Crippen LogP contribution in [0, 0.1) is 23.2 Å². The third-order valence-electron chi connectivity index (χ3n) is 7.31. The molecule has 9 nitrogen and oxygen atoms in total. The molecular formula is C28H39ClN8O. The molecule has 1 N–H and O–H groups in total. The van der Waals surface area contributed by atoms with E-state index in [-0.39, 0.29) is 22.7 Å². The van der Waals surface area contributed by atoms with Crippen molar-refractivity contribution in [3.05, 3.63) is 52.4 Å². The summed E-state index contributed by atoms with van der Waals surface area (Å²) in [7, 11) is 2.22. The van der Waals surface area contributed by atoms with Gasteiger partial charge in [0.1, 0.15) is 11.1 Å².